The highest BCUT2D eigenvalue weighted by Gasteiger charge is 2.62. The third kappa shape index (κ3) is 3.74. The molecule has 36 heavy (non-hydrogen) atoms. The molecule has 0 spiro atoms. The summed E-state index contributed by atoms with van der Waals surface area (Å²) >= 11 is 0. The van der Waals surface area contributed by atoms with Crippen LogP contribution in [0.3, 0.4) is 0 Å². The summed E-state index contributed by atoms with van der Waals surface area (Å²) < 4.78 is 0. The van der Waals surface area contributed by atoms with Crippen molar-refractivity contribution in [3.05, 3.63) is 24.3 Å². The molecule has 0 bridgehead atoms. The van der Waals surface area contributed by atoms with E-state index in [1.54, 1.807) is 0 Å². The fraction of sp³-hybridized carbons (Fsp3) is 0.774. The highest BCUT2D eigenvalue weighted by molar-refractivity contribution is 5.99. The average molecular weight is 495 g/mol. The number of rotatable bonds is 4. The van der Waals surface area contributed by atoms with Gasteiger partial charge in [0.05, 0.1) is 30.3 Å². The van der Waals surface area contributed by atoms with Gasteiger partial charge in [-0.05, 0) is 116 Å². The van der Waals surface area contributed by atoms with E-state index in [0.717, 1.165) is 43.5 Å². The van der Waals surface area contributed by atoms with Gasteiger partial charge in [0.2, 0.25) is 5.91 Å². The van der Waals surface area contributed by atoms with Gasteiger partial charge in [0.1, 0.15) is 0 Å². The number of hydrogen-bond donors (Lipinski definition) is 3. The summed E-state index contributed by atoms with van der Waals surface area (Å²) in [6.45, 7) is 7.97. The topological polar surface area (TPSA) is 72.8 Å². The Morgan fingerprint density at radius 3 is 2.64 bits per heavy atom. The van der Waals surface area contributed by atoms with Gasteiger partial charge in [0.25, 0.3) is 0 Å². The van der Waals surface area contributed by atoms with Crippen molar-refractivity contribution in [1.29, 1.82) is 0 Å². The minimum Gasteiger partial charge on any atom is -0.393 e. The zero-order chi connectivity index (χ0) is 25.2. The van der Waals surface area contributed by atoms with E-state index in [9.17, 15) is 15.0 Å². The number of nitrogens with zero attached hydrogens (tertiary/aromatic N) is 1. The van der Waals surface area contributed by atoms with Crippen molar-refractivity contribution in [2.45, 2.75) is 97.2 Å². The standard InChI is InChI=1S/C31H46N2O3/c1-19(8-11-28(36)33-18-32-25-6-4-5-7-26(25)33)22-9-10-23-29-24(13-15-31(22,23)3)30(2)14-12-21(34)16-20(30)17-27(29)35/h4-7,19-24,27,29,32,34-35H,8-18H2,1-3H3/t19-,20+,21-,22-,23+,24+,27+,29+,30+,31-/m1/s1. The van der Waals surface area contributed by atoms with Gasteiger partial charge in [-0.15, -0.1) is 0 Å². The summed E-state index contributed by atoms with van der Waals surface area (Å²) in [5, 5.41) is 25.1. The van der Waals surface area contributed by atoms with Crippen LogP contribution in [-0.4, -0.2) is 35.0 Å². The van der Waals surface area contributed by atoms with Crippen LogP contribution in [-0.2, 0) is 4.79 Å². The molecule has 4 aliphatic carbocycles. The number of fused-ring (bicyclic) bond motifs is 6. The lowest BCUT2D eigenvalue weighted by Crippen LogP contribution is -2.58. The van der Waals surface area contributed by atoms with Gasteiger partial charge in [-0.25, -0.2) is 0 Å². The number of carbonyl (C=O) groups is 1. The van der Waals surface area contributed by atoms with E-state index >= 15 is 0 Å². The molecule has 1 aromatic rings. The van der Waals surface area contributed by atoms with Crippen molar-refractivity contribution in [2.75, 3.05) is 16.9 Å². The quantitative estimate of drug-likeness (QED) is 0.494. The average Bonchev–Trinajstić information content (AvgIpc) is 3.44. The smallest absolute Gasteiger partial charge is 0.228 e. The van der Waals surface area contributed by atoms with Gasteiger partial charge in [0, 0.05) is 6.42 Å². The van der Waals surface area contributed by atoms with E-state index in [0.29, 0.717) is 48.6 Å². The highest BCUT2D eigenvalue weighted by atomic mass is 16.3. The van der Waals surface area contributed by atoms with Crippen LogP contribution >= 0.6 is 0 Å². The normalized spacial score (nSPS) is 44.1. The number of hydrogen-bond acceptors (Lipinski definition) is 4. The minimum absolute atomic E-state index is 0.176. The molecule has 1 aliphatic heterocycles. The van der Waals surface area contributed by atoms with E-state index in [2.05, 4.69) is 26.1 Å². The summed E-state index contributed by atoms with van der Waals surface area (Å²) in [6.07, 6.45) is 9.88. The molecule has 6 rings (SSSR count). The van der Waals surface area contributed by atoms with Gasteiger partial charge in [-0.1, -0.05) is 32.9 Å². The zero-order valence-electron chi connectivity index (χ0n) is 22.5. The van der Waals surface area contributed by atoms with Crippen LogP contribution < -0.4 is 10.2 Å². The largest absolute Gasteiger partial charge is 0.393 e. The second-order valence-corrected chi connectivity index (χ2v) is 13.6. The van der Waals surface area contributed by atoms with Gasteiger partial charge < -0.3 is 15.5 Å². The lowest BCUT2D eigenvalue weighted by atomic mass is 9.43. The Hall–Kier alpha value is -1.59. The third-order valence-electron chi connectivity index (χ3n) is 12.2. The number of carbonyl (C=O) groups excluding carboxylic acids is 1. The Bertz CT molecular complexity index is 998. The van der Waals surface area contributed by atoms with Gasteiger partial charge in [0.15, 0.2) is 0 Å². The number of para-hydroxylation sites is 2. The molecule has 0 saturated heterocycles. The van der Waals surface area contributed by atoms with Gasteiger partial charge in [-0.2, -0.15) is 0 Å². The SMILES string of the molecule is C[C@H](CCC(=O)N1CNc2ccccc21)[C@H]1CC[C@H]2[C@@H]3[C@@H](O)C[C@@H]4C[C@H](O)CC[C@]4(C)[C@H]3CC[C@]12C. The fourth-order valence-corrected chi connectivity index (χ4v) is 10.2. The predicted molar refractivity (Wildman–Crippen MR) is 143 cm³/mol. The molecule has 3 N–H and O–H groups in total. The van der Waals surface area contributed by atoms with E-state index < -0.39 is 0 Å². The minimum atomic E-state index is -0.221. The number of benzene rings is 1. The molecular weight excluding hydrogens is 448 g/mol. The number of aliphatic hydroxyl groups excluding tert-OH is 2. The van der Waals surface area contributed by atoms with Crippen molar-refractivity contribution in [1.82, 2.24) is 0 Å². The summed E-state index contributed by atoms with van der Waals surface area (Å²) in [5.41, 5.74) is 2.61. The molecule has 0 radical (unpaired) electrons. The molecule has 5 aliphatic rings. The van der Waals surface area contributed by atoms with E-state index in [1.165, 1.54) is 25.7 Å². The first-order valence-corrected chi connectivity index (χ1v) is 14.7. The first-order chi connectivity index (χ1) is 17.2. The second-order valence-electron chi connectivity index (χ2n) is 13.6. The number of anilines is 2. The zero-order valence-corrected chi connectivity index (χ0v) is 22.5. The fourth-order valence-electron chi connectivity index (χ4n) is 10.2. The maximum Gasteiger partial charge on any atom is 0.228 e. The Morgan fingerprint density at radius 2 is 1.81 bits per heavy atom. The summed E-state index contributed by atoms with van der Waals surface area (Å²) in [5.74, 6) is 3.43. The van der Waals surface area contributed by atoms with Crippen LogP contribution in [0.1, 0.15) is 85.0 Å². The highest BCUT2D eigenvalue weighted by Crippen LogP contribution is 2.68. The molecule has 4 saturated carbocycles. The molecule has 198 valence electrons. The Labute approximate surface area is 217 Å². The summed E-state index contributed by atoms with van der Waals surface area (Å²) in [6, 6.07) is 8.09. The summed E-state index contributed by atoms with van der Waals surface area (Å²) in [7, 11) is 0. The van der Waals surface area contributed by atoms with Crippen molar-refractivity contribution < 1.29 is 15.0 Å². The number of amides is 1. The van der Waals surface area contributed by atoms with Crippen LogP contribution in [0.2, 0.25) is 0 Å². The number of aliphatic hydroxyl groups is 2. The molecule has 10 atom stereocenters. The van der Waals surface area contributed by atoms with Crippen LogP contribution in [0.25, 0.3) is 0 Å². The molecule has 1 amide bonds. The predicted octanol–water partition coefficient (Wildman–Crippen LogP) is 5.81. The van der Waals surface area contributed by atoms with Crippen LogP contribution in [0.4, 0.5) is 11.4 Å². The molecule has 5 heteroatoms. The third-order valence-corrected chi connectivity index (χ3v) is 12.2. The molecule has 0 unspecified atom stereocenters. The van der Waals surface area contributed by atoms with Crippen LogP contribution in [0.15, 0.2) is 24.3 Å². The molecule has 5 nitrogen and oxygen atoms in total. The second kappa shape index (κ2) is 9.01. The maximum absolute atomic E-state index is 13.1. The molecule has 4 fully saturated rings. The lowest BCUT2D eigenvalue weighted by molar-refractivity contribution is -0.174. The molecule has 1 aromatic carbocycles. The van der Waals surface area contributed by atoms with Gasteiger partial charge >= 0.3 is 0 Å². The molecule has 0 aromatic heterocycles. The van der Waals surface area contributed by atoms with Crippen molar-refractivity contribution >= 4 is 17.3 Å². The summed E-state index contributed by atoms with van der Waals surface area (Å²) in [4.78, 5) is 15.1. The van der Waals surface area contributed by atoms with Crippen molar-refractivity contribution in [3.8, 4) is 0 Å². The van der Waals surface area contributed by atoms with Crippen molar-refractivity contribution in [3.63, 3.8) is 0 Å². The molecular formula is C31H46N2O3. The maximum atomic E-state index is 13.1. The Morgan fingerprint density at radius 1 is 1.06 bits per heavy atom. The molecule has 1 heterocycles. The van der Waals surface area contributed by atoms with Crippen LogP contribution in [0, 0.1) is 46.3 Å². The van der Waals surface area contributed by atoms with Crippen LogP contribution in [0.5, 0.6) is 0 Å². The van der Waals surface area contributed by atoms with Crippen molar-refractivity contribution in [2.24, 2.45) is 46.3 Å². The Balaban J connectivity index is 1.13. The van der Waals surface area contributed by atoms with E-state index in [1.807, 2.05) is 29.2 Å². The first-order valence-electron chi connectivity index (χ1n) is 14.7. The first kappa shape index (κ1) is 24.7. The van der Waals surface area contributed by atoms with E-state index in [-0.39, 0.29) is 28.9 Å². The number of nitrogens with one attached hydrogen (secondary N) is 1. The van der Waals surface area contributed by atoms with Gasteiger partial charge in [-0.3, -0.25) is 9.69 Å². The lowest BCUT2D eigenvalue weighted by Gasteiger charge is -2.62. The monoisotopic (exact) mass is 494 g/mol. The Kier molecular flexibility index (Phi) is 6.19. The van der Waals surface area contributed by atoms with E-state index in [4.69, 9.17) is 0 Å².